The van der Waals surface area contributed by atoms with Gasteiger partial charge < -0.3 is 4.98 Å². The summed E-state index contributed by atoms with van der Waals surface area (Å²) in [6.07, 6.45) is -4.86. The number of rotatable bonds is 1. The molecule has 0 atom stereocenters. The van der Waals surface area contributed by atoms with Crippen molar-refractivity contribution < 1.29 is 17.6 Å². The Hall–Kier alpha value is -2.22. The first kappa shape index (κ1) is 15.7. The Morgan fingerprint density at radius 3 is 2.52 bits per heavy atom. The molecular formula is C15H7BrF4N2O. The molecule has 0 unspecified atom stereocenters. The van der Waals surface area contributed by atoms with E-state index in [0.29, 0.717) is 6.07 Å². The largest absolute Gasteiger partial charge is 0.419 e. The van der Waals surface area contributed by atoms with Gasteiger partial charge in [0.1, 0.15) is 11.6 Å². The first-order chi connectivity index (χ1) is 10.8. The molecule has 0 fully saturated rings. The molecule has 1 heterocycles. The van der Waals surface area contributed by atoms with Gasteiger partial charge in [0, 0.05) is 4.47 Å². The lowest BCUT2D eigenvalue weighted by Gasteiger charge is -2.12. The summed E-state index contributed by atoms with van der Waals surface area (Å²) in [5.74, 6) is -1.75. The van der Waals surface area contributed by atoms with Crippen molar-refractivity contribution in [3.05, 3.63) is 62.6 Å². The van der Waals surface area contributed by atoms with Crippen molar-refractivity contribution in [3.8, 4) is 11.4 Å². The fourth-order valence-electron chi connectivity index (χ4n) is 2.18. The normalized spacial score (nSPS) is 11.9. The zero-order valence-electron chi connectivity index (χ0n) is 11.2. The molecule has 118 valence electrons. The molecule has 3 nitrogen and oxygen atoms in total. The lowest BCUT2D eigenvalue weighted by molar-refractivity contribution is -0.139. The maximum absolute atomic E-state index is 14.3. The summed E-state index contributed by atoms with van der Waals surface area (Å²) in [5.41, 5.74) is -2.16. The molecule has 8 heteroatoms. The predicted molar refractivity (Wildman–Crippen MR) is 80.5 cm³/mol. The average molecular weight is 387 g/mol. The number of H-pyrrole nitrogens is 1. The van der Waals surface area contributed by atoms with Crippen LogP contribution in [0.25, 0.3) is 22.3 Å². The highest BCUT2D eigenvalue weighted by Gasteiger charge is 2.36. The van der Waals surface area contributed by atoms with Crippen LogP contribution in [-0.2, 0) is 6.18 Å². The molecule has 0 aliphatic heterocycles. The van der Waals surface area contributed by atoms with Gasteiger partial charge in [-0.3, -0.25) is 4.79 Å². The van der Waals surface area contributed by atoms with Gasteiger partial charge >= 0.3 is 6.18 Å². The molecule has 0 saturated carbocycles. The number of nitrogens with one attached hydrogen (secondary N) is 1. The number of fused-ring (bicyclic) bond motifs is 1. The van der Waals surface area contributed by atoms with Crippen LogP contribution in [0.2, 0.25) is 0 Å². The Bertz CT molecular complexity index is 966. The highest BCUT2D eigenvalue weighted by molar-refractivity contribution is 9.10. The lowest BCUT2D eigenvalue weighted by atomic mass is 10.1. The SMILES string of the molecule is O=c1[nH]c(-c2cc(Br)cc(C(F)(F)F)c2F)nc2ccccc12. The standard InChI is InChI=1S/C15H7BrF4N2O/c16-7-5-9(12(17)10(6-7)15(18,19)20)13-21-11-4-2-1-3-8(11)14(23)22-13/h1-6H,(H,21,22,23). The van der Waals surface area contributed by atoms with Gasteiger partial charge in [0.2, 0.25) is 0 Å². The molecule has 3 aromatic rings. The summed E-state index contributed by atoms with van der Waals surface area (Å²) in [6.45, 7) is 0. The predicted octanol–water partition coefficient (Wildman–Crippen LogP) is 4.51. The van der Waals surface area contributed by atoms with Crippen molar-refractivity contribution in [2.24, 2.45) is 0 Å². The first-order valence-electron chi connectivity index (χ1n) is 6.33. The van der Waals surface area contributed by atoms with Gasteiger partial charge in [-0.2, -0.15) is 13.2 Å². The quantitative estimate of drug-likeness (QED) is 0.625. The maximum atomic E-state index is 14.3. The third kappa shape index (κ3) is 2.86. The van der Waals surface area contributed by atoms with Crippen LogP contribution in [0, 0.1) is 5.82 Å². The summed E-state index contributed by atoms with van der Waals surface area (Å²) in [6, 6.07) is 8.06. The number of hydrogen-bond acceptors (Lipinski definition) is 2. The van der Waals surface area contributed by atoms with Crippen LogP contribution in [-0.4, -0.2) is 9.97 Å². The second-order valence-electron chi connectivity index (χ2n) is 4.74. The summed E-state index contributed by atoms with van der Waals surface area (Å²) in [4.78, 5) is 18.4. The molecule has 3 rings (SSSR count). The zero-order chi connectivity index (χ0) is 16.8. The van der Waals surface area contributed by atoms with Crippen molar-refractivity contribution in [2.45, 2.75) is 6.18 Å². The smallest absolute Gasteiger partial charge is 0.306 e. The Morgan fingerprint density at radius 2 is 1.83 bits per heavy atom. The molecule has 1 N–H and O–H groups in total. The summed E-state index contributed by atoms with van der Waals surface area (Å²) < 4.78 is 53.0. The van der Waals surface area contributed by atoms with Gasteiger partial charge in [0.05, 0.1) is 22.0 Å². The van der Waals surface area contributed by atoms with Crippen LogP contribution in [0.4, 0.5) is 17.6 Å². The van der Waals surface area contributed by atoms with Gasteiger partial charge in [-0.25, -0.2) is 9.37 Å². The number of alkyl halides is 3. The van der Waals surface area contributed by atoms with Crippen molar-refractivity contribution >= 4 is 26.8 Å². The highest BCUT2D eigenvalue weighted by atomic mass is 79.9. The molecule has 0 saturated heterocycles. The van der Waals surface area contributed by atoms with Gasteiger partial charge in [0.15, 0.2) is 0 Å². The number of benzene rings is 2. The monoisotopic (exact) mass is 386 g/mol. The minimum atomic E-state index is -4.86. The van der Waals surface area contributed by atoms with E-state index >= 15 is 0 Å². The van der Waals surface area contributed by atoms with E-state index in [2.05, 4.69) is 25.9 Å². The van der Waals surface area contributed by atoms with Crippen LogP contribution in [0.1, 0.15) is 5.56 Å². The third-order valence-electron chi connectivity index (χ3n) is 3.21. The highest BCUT2D eigenvalue weighted by Crippen LogP contribution is 2.37. The third-order valence-corrected chi connectivity index (χ3v) is 3.67. The van der Waals surface area contributed by atoms with E-state index in [9.17, 15) is 22.4 Å². The minimum absolute atomic E-state index is 0.0250. The summed E-state index contributed by atoms with van der Waals surface area (Å²) >= 11 is 2.92. The summed E-state index contributed by atoms with van der Waals surface area (Å²) in [5, 5.41) is 0.266. The lowest BCUT2D eigenvalue weighted by Crippen LogP contribution is -2.13. The Kier molecular flexibility index (Phi) is 3.71. The molecule has 2 aromatic carbocycles. The van der Waals surface area contributed by atoms with E-state index < -0.39 is 28.7 Å². The van der Waals surface area contributed by atoms with Crippen LogP contribution >= 0.6 is 15.9 Å². The fourth-order valence-corrected chi connectivity index (χ4v) is 2.64. The number of halogens is 5. The molecule has 0 aliphatic rings. The number of para-hydroxylation sites is 1. The van der Waals surface area contributed by atoms with Crippen molar-refractivity contribution in [1.29, 1.82) is 0 Å². The molecule has 0 spiro atoms. The van der Waals surface area contributed by atoms with E-state index in [1.54, 1.807) is 12.1 Å². The van der Waals surface area contributed by atoms with E-state index in [-0.39, 0.29) is 21.2 Å². The zero-order valence-corrected chi connectivity index (χ0v) is 12.8. The second kappa shape index (κ2) is 5.45. The molecule has 0 aliphatic carbocycles. The topological polar surface area (TPSA) is 45.8 Å². The van der Waals surface area contributed by atoms with Crippen molar-refractivity contribution in [1.82, 2.24) is 9.97 Å². The van der Waals surface area contributed by atoms with E-state index in [0.717, 1.165) is 6.07 Å². The van der Waals surface area contributed by atoms with E-state index in [1.807, 2.05) is 0 Å². The molecule has 0 radical (unpaired) electrons. The second-order valence-corrected chi connectivity index (χ2v) is 5.66. The van der Waals surface area contributed by atoms with Gasteiger partial charge in [-0.15, -0.1) is 0 Å². The van der Waals surface area contributed by atoms with E-state index in [4.69, 9.17) is 0 Å². The molecule has 0 bridgehead atoms. The minimum Gasteiger partial charge on any atom is -0.306 e. The number of aromatic nitrogens is 2. The maximum Gasteiger partial charge on any atom is 0.419 e. The number of hydrogen-bond donors (Lipinski definition) is 1. The van der Waals surface area contributed by atoms with Crippen LogP contribution in [0.15, 0.2) is 45.7 Å². The Morgan fingerprint density at radius 1 is 1.13 bits per heavy atom. The van der Waals surface area contributed by atoms with Crippen LogP contribution in [0.3, 0.4) is 0 Å². The Balaban J connectivity index is 2.31. The Labute approximate surface area is 135 Å². The van der Waals surface area contributed by atoms with Crippen molar-refractivity contribution in [3.63, 3.8) is 0 Å². The van der Waals surface area contributed by atoms with E-state index in [1.165, 1.54) is 12.1 Å². The van der Waals surface area contributed by atoms with Gasteiger partial charge in [0.25, 0.3) is 5.56 Å². The number of aromatic amines is 1. The first-order valence-corrected chi connectivity index (χ1v) is 7.12. The molecule has 1 aromatic heterocycles. The van der Waals surface area contributed by atoms with Crippen molar-refractivity contribution in [2.75, 3.05) is 0 Å². The summed E-state index contributed by atoms with van der Waals surface area (Å²) in [7, 11) is 0. The average Bonchev–Trinajstić information content (AvgIpc) is 2.48. The van der Waals surface area contributed by atoms with Gasteiger partial charge in [-0.1, -0.05) is 28.1 Å². The molecular weight excluding hydrogens is 380 g/mol. The molecule has 0 amide bonds. The molecule has 23 heavy (non-hydrogen) atoms. The van der Waals surface area contributed by atoms with Gasteiger partial charge in [-0.05, 0) is 24.3 Å². The number of nitrogens with zero attached hydrogens (tertiary/aromatic N) is 1. The fraction of sp³-hybridized carbons (Fsp3) is 0.0667. The van der Waals surface area contributed by atoms with Crippen LogP contribution < -0.4 is 5.56 Å². The van der Waals surface area contributed by atoms with Crippen LogP contribution in [0.5, 0.6) is 0 Å².